The van der Waals surface area contributed by atoms with E-state index in [9.17, 15) is 14.4 Å². The summed E-state index contributed by atoms with van der Waals surface area (Å²) >= 11 is 0. The monoisotopic (exact) mass is 164 g/mol. The molecule has 5 nitrogen and oxygen atoms in total. The summed E-state index contributed by atoms with van der Waals surface area (Å²) in [5, 5.41) is 16.0. The summed E-state index contributed by atoms with van der Waals surface area (Å²) in [5.74, 6) is -2.63. The maximum Gasteiger partial charge on any atom is 0.372 e. The third kappa shape index (κ3) is 3.97. The van der Waals surface area contributed by atoms with Crippen LogP contribution in [0.5, 0.6) is 0 Å². The molecule has 0 bridgehead atoms. The molecule has 0 aromatic rings. The fourth-order valence-corrected chi connectivity index (χ4v) is 0.695. The Kier molecular flexibility index (Phi) is 3.57. The molecule has 0 aromatic carbocycles. The van der Waals surface area contributed by atoms with Crippen LogP contribution in [0.25, 0.3) is 0 Å². The van der Waals surface area contributed by atoms with Crippen molar-refractivity contribution in [3.63, 3.8) is 0 Å². The molecule has 0 rings (SSSR count). The van der Waals surface area contributed by atoms with Gasteiger partial charge >= 0.3 is 11.7 Å². The van der Waals surface area contributed by atoms with Gasteiger partial charge in [-0.1, -0.05) is 0 Å². The second-order valence-electron chi connectivity index (χ2n) is 1.39. The Morgan fingerprint density at radius 3 is 2.00 bits per heavy atom. The van der Waals surface area contributed by atoms with E-state index < -0.39 is 32.2 Å². The molecule has 1 atom stereocenters. The number of carbonyl (C=O) groups excluding carboxylic acids is 1. The molecule has 0 aliphatic heterocycles. The number of hydrogen-bond acceptors (Lipinski definition) is 3. The smallest absolute Gasteiger partial charge is 0.372 e. The highest BCUT2D eigenvalue weighted by Crippen LogP contribution is 2.09. The van der Waals surface area contributed by atoms with Crippen LogP contribution in [0.3, 0.4) is 0 Å². The standard InChI is InChI=1S/C4H5O5P/c5-2(3(6)7)1-10-4(8)9/h10H,1H2,(H,6,7)(H,8,9). The van der Waals surface area contributed by atoms with Crippen LogP contribution in [0.4, 0.5) is 4.79 Å². The van der Waals surface area contributed by atoms with Gasteiger partial charge in [0.25, 0.3) is 0 Å². The first-order chi connectivity index (χ1) is 4.54. The highest BCUT2D eigenvalue weighted by atomic mass is 31.1. The first-order valence-corrected chi connectivity index (χ1v) is 3.47. The lowest BCUT2D eigenvalue weighted by Crippen LogP contribution is -2.14. The van der Waals surface area contributed by atoms with Crippen molar-refractivity contribution in [2.45, 2.75) is 0 Å². The van der Waals surface area contributed by atoms with E-state index in [2.05, 4.69) is 0 Å². The van der Waals surface area contributed by atoms with E-state index in [4.69, 9.17) is 10.2 Å². The second kappa shape index (κ2) is 3.95. The SMILES string of the molecule is O=C(O)PCC(=O)C(=O)O. The molecule has 0 spiro atoms. The van der Waals surface area contributed by atoms with E-state index in [1.807, 2.05) is 0 Å². The van der Waals surface area contributed by atoms with Gasteiger partial charge in [-0.3, -0.25) is 4.79 Å². The molecule has 0 aliphatic rings. The van der Waals surface area contributed by atoms with Crippen LogP contribution in [-0.2, 0) is 9.59 Å². The van der Waals surface area contributed by atoms with Crippen LogP contribution in [-0.4, -0.2) is 33.8 Å². The number of Topliss-reactive ketones (excluding diaryl/α,β-unsaturated/α-hetero) is 1. The summed E-state index contributed by atoms with van der Waals surface area (Å²) in [6.45, 7) is 0. The zero-order chi connectivity index (χ0) is 8.15. The van der Waals surface area contributed by atoms with Crippen molar-refractivity contribution in [2.75, 3.05) is 6.16 Å². The number of ketones is 1. The largest absolute Gasteiger partial charge is 0.478 e. The molecule has 0 aliphatic carbocycles. The number of carboxylic acid groups (broad SMARTS) is 2. The molecular weight excluding hydrogens is 159 g/mol. The molecule has 0 aromatic heterocycles. The number of aliphatic carboxylic acids is 1. The highest BCUT2D eigenvalue weighted by molar-refractivity contribution is 7.58. The molecule has 2 N–H and O–H groups in total. The predicted molar refractivity (Wildman–Crippen MR) is 33.8 cm³/mol. The average molecular weight is 164 g/mol. The molecule has 0 heterocycles. The summed E-state index contributed by atoms with van der Waals surface area (Å²) in [6, 6.07) is 0. The number of rotatable bonds is 4. The minimum atomic E-state index is -1.58. The Balaban J connectivity index is 3.60. The molecule has 6 heteroatoms. The van der Waals surface area contributed by atoms with Crippen LogP contribution in [0.1, 0.15) is 0 Å². The first kappa shape index (κ1) is 9.04. The zero-order valence-corrected chi connectivity index (χ0v) is 5.83. The van der Waals surface area contributed by atoms with Gasteiger partial charge in [0.1, 0.15) is 0 Å². The Bertz CT molecular complexity index is 174. The van der Waals surface area contributed by atoms with Gasteiger partial charge in [-0.15, -0.1) is 0 Å². The average Bonchev–Trinajstić information content (AvgIpc) is 1.82. The summed E-state index contributed by atoms with van der Waals surface area (Å²) in [7, 11) is -0.652. The number of carboxylic acids is 1. The van der Waals surface area contributed by atoms with E-state index >= 15 is 0 Å². The molecule has 10 heavy (non-hydrogen) atoms. The topological polar surface area (TPSA) is 91.7 Å². The highest BCUT2D eigenvalue weighted by Gasteiger charge is 2.12. The minimum absolute atomic E-state index is 0.412. The van der Waals surface area contributed by atoms with Gasteiger partial charge < -0.3 is 10.2 Å². The van der Waals surface area contributed by atoms with Crippen molar-refractivity contribution >= 4 is 26.0 Å². The second-order valence-corrected chi connectivity index (χ2v) is 2.52. The van der Waals surface area contributed by atoms with Crippen molar-refractivity contribution in [1.29, 1.82) is 0 Å². The van der Waals surface area contributed by atoms with Crippen LogP contribution < -0.4 is 0 Å². The van der Waals surface area contributed by atoms with Gasteiger partial charge in [-0.2, -0.15) is 0 Å². The lowest BCUT2D eigenvalue weighted by atomic mass is 10.5. The Hall–Kier alpha value is -0.960. The summed E-state index contributed by atoms with van der Waals surface area (Å²) < 4.78 is 0. The normalized spacial score (nSPS) is 10.0. The Labute approximate surface area is 57.8 Å². The summed E-state index contributed by atoms with van der Waals surface area (Å²) in [4.78, 5) is 29.8. The molecule has 0 fully saturated rings. The number of hydrogen-bond donors (Lipinski definition) is 2. The fourth-order valence-electron chi connectivity index (χ4n) is 0.232. The van der Waals surface area contributed by atoms with Gasteiger partial charge in [0.05, 0.1) is 0 Å². The first-order valence-electron chi connectivity index (χ1n) is 2.27. The van der Waals surface area contributed by atoms with Gasteiger partial charge in [0, 0.05) is 14.7 Å². The van der Waals surface area contributed by atoms with E-state index in [-0.39, 0.29) is 0 Å². The van der Waals surface area contributed by atoms with Gasteiger partial charge in [-0.25, -0.2) is 9.59 Å². The van der Waals surface area contributed by atoms with E-state index in [1.165, 1.54) is 0 Å². The van der Waals surface area contributed by atoms with Crippen molar-refractivity contribution < 1.29 is 24.6 Å². The zero-order valence-electron chi connectivity index (χ0n) is 4.83. The van der Waals surface area contributed by atoms with E-state index in [0.29, 0.717) is 0 Å². The Morgan fingerprint density at radius 1 is 1.20 bits per heavy atom. The fraction of sp³-hybridized carbons (Fsp3) is 0.250. The maximum atomic E-state index is 10.2. The Morgan fingerprint density at radius 2 is 1.70 bits per heavy atom. The third-order valence-corrected chi connectivity index (χ3v) is 1.44. The summed E-state index contributed by atoms with van der Waals surface area (Å²) in [5.41, 5.74) is -1.14. The van der Waals surface area contributed by atoms with Crippen LogP contribution in [0.15, 0.2) is 0 Å². The van der Waals surface area contributed by atoms with Crippen molar-refractivity contribution in [3.05, 3.63) is 0 Å². The molecule has 56 valence electrons. The summed E-state index contributed by atoms with van der Waals surface area (Å²) in [6.07, 6.45) is -0.412. The van der Waals surface area contributed by atoms with Gasteiger partial charge in [0.15, 0.2) is 0 Å². The van der Waals surface area contributed by atoms with Gasteiger partial charge in [-0.05, 0) is 0 Å². The molecule has 0 amide bonds. The van der Waals surface area contributed by atoms with Gasteiger partial charge in [0.2, 0.25) is 5.78 Å². The van der Waals surface area contributed by atoms with Crippen molar-refractivity contribution in [1.82, 2.24) is 0 Å². The molecule has 1 unspecified atom stereocenters. The van der Waals surface area contributed by atoms with Crippen LogP contribution in [0.2, 0.25) is 0 Å². The lowest BCUT2D eigenvalue weighted by molar-refractivity contribution is -0.147. The predicted octanol–water partition coefficient (Wildman–Crippen LogP) is -0.00340. The van der Waals surface area contributed by atoms with E-state index in [1.54, 1.807) is 0 Å². The molecular formula is C4H5O5P. The maximum absolute atomic E-state index is 10.2. The number of carbonyl (C=O) groups is 3. The lowest BCUT2D eigenvalue weighted by Gasteiger charge is -1.89. The third-order valence-electron chi connectivity index (χ3n) is 0.639. The molecule has 0 saturated heterocycles. The minimum Gasteiger partial charge on any atom is -0.478 e. The molecule has 0 radical (unpaired) electrons. The van der Waals surface area contributed by atoms with E-state index in [0.717, 1.165) is 0 Å². The quantitative estimate of drug-likeness (QED) is 0.450. The van der Waals surface area contributed by atoms with Crippen molar-refractivity contribution in [3.8, 4) is 0 Å². The van der Waals surface area contributed by atoms with Crippen LogP contribution >= 0.6 is 8.58 Å². The van der Waals surface area contributed by atoms with Crippen molar-refractivity contribution in [2.24, 2.45) is 0 Å². The van der Waals surface area contributed by atoms with Crippen LogP contribution in [0, 0.1) is 0 Å². The molecule has 0 saturated carbocycles.